The van der Waals surface area contributed by atoms with Crippen molar-refractivity contribution in [2.45, 2.75) is 13.1 Å². The Morgan fingerprint density at radius 1 is 0.818 bits per heavy atom. The Bertz CT molecular complexity index is 873. The first kappa shape index (κ1) is 12.8. The normalized spacial score (nSPS) is 11.1. The molecule has 0 saturated heterocycles. The van der Waals surface area contributed by atoms with E-state index in [4.69, 9.17) is 0 Å². The van der Waals surface area contributed by atoms with Crippen molar-refractivity contribution in [3.8, 4) is 0 Å². The van der Waals surface area contributed by atoms with Crippen LogP contribution in [0.4, 0.5) is 0 Å². The highest BCUT2D eigenvalue weighted by Crippen LogP contribution is 2.14. The van der Waals surface area contributed by atoms with Crippen molar-refractivity contribution in [2.75, 3.05) is 0 Å². The van der Waals surface area contributed by atoms with Gasteiger partial charge in [-0.05, 0) is 29.3 Å². The third-order valence-electron chi connectivity index (χ3n) is 3.81. The number of aromatic nitrogens is 4. The van der Waals surface area contributed by atoms with Gasteiger partial charge in [0.15, 0.2) is 0 Å². The van der Waals surface area contributed by atoms with Crippen LogP contribution in [0.15, 0.2) is 73.3 Å². The largest absolute Gasteiger partial charge is 0.326 e. The Kier molecular flexibility index (Phi) is 3.20. The van der Waals surface area contributed by atoms with Gasteiger partial charge in [-0.3, -0.25) is 4.68 Å². The lowest BCUT2D eigenvalue weighted by Gasteiger charge is -2.07. The molecule has 108 valence electrons. The average molecular weight is 288 g/mol. The minimum absolute atomic E-state index is 0.807. The summed E-state index contributed by atoms with van der Waals surface area (Å²) in [6.07, 6.45) is 5.69. The van der Waals surface area contributed by atoms with Crippen molar-refractivity contribution in [3.05, 3.63) is 84.4 Å². The summed E-state index contributed by atoms with van der Waals surface area (Å²) in [6.45, 7) is 1.64. The fourth-order valence-corrected chi connectivity index (χ4v) is 2.66. The van der Waals surface area contributed by atoms with Gasteiger partial charge in [0, 0.05) is 18.9 Å². The Labute approximate surface area is 128 Å². The van der Waals surface area contributed by atoms with E-state index < -0.39 is 0 Å². The fraction of sp³-hybridized carbons (Fsp3) is 0.111. The molecule has 0 aliphatic heterocycles. The van der Waals surface area contributed by atoms with E-state index in [2.05, 4.69) is 45.0 Å². The van der Waals surface area contributed by atoms with Gasteiger partial charge in [-0.1, -0.05) is 36.4 Å². The molecule has 4 nitrogen and oxygen atoms in total. The molecular formula is C18H16N4. The van der Waals surface area contributed by atoms with E-state index in [1.807, 2.05) is 41.5 Å². The van der Waals surface area contributed by atoms with Crippen LogP contribution in [0, 0.1) is 0 Å². The molecule has 4 aromatic rings. The predicted molar refractivity (Wildman–Crippen MR) is 86.6 cm³/mol. The van der Waals surface area contributed by atoms with Gasteiger partial charge in [0.25, 0.3) is 0 Å². The van der Waals surface area contributed by atoms with Gasteiger partial charge >= 0.3 is 0 Å². The van der Waals surface area contributed by atoms with Gasteiger partial charge in [0.1, 0.15) is 0 Å². The number of rotatable bonds is 4. The van der Waals surface area contributed by atoms with E-state index >= 15 is 0 Å². The maximum Gasteiger partial charge on any atom is 0.0961 e. The standard InChI is InChI=1S/C18H16N4/c1-2-5-18-17(4-1)19-14-21(18)12-15-6-8-16(9-7-15)13-22-11-3-10-20-22/h1-11,14H,12-13H2. The molecule has 0 bridgehead atoms. The summed E-state index contributed by atoms with van der Waals surface area (Å²) in [5.41, 5.74) is 4.73. The van der Waals surface area contributed by atoms with Crippen LogP contribution in [-0.4, -0.2) is 19.3 Å². The van der Waals surface area contributed by atoms with Crippen LogP contribution in [0.25, 0.3) is 11.0 Å². The van der Waals surface area contributed by atoms with Crippen LogP contribution in [0.2, 0.25) is 0 Å². The molecule has 22 heavy (non-hydrogen) atoms. The quantitative estimate of drug-likeness (QED) is 0.577. The van der Waals surface area contributed by atoms with Crippen molar-refractivity contribution in [2.24, 2.45) is 0 Å². The number of hydrogen-bond acceptors (Lipinski definition) is 2. The summed E-state index contributed by atoms with van der Waals surface area (Å²) in [5.74, 6) is 0. The Hall–Kier alpha value is -2.88. The molecule has 2 heterocycles. The summed E-state index contributed by atoms with van der Waals surface area (Å²) in [4.78, 5) is 4.43. The molecule has 4 heteroatoms. The summed E-state index contributed by atoms with van der Waals surface area (Å²) in [5, 5.41) is 4.23. The van der Waals surface area contributed by atoms with Gasteiger partial charge in [0.05, 0.1) is 23.9 Å². The van der Waals surface area contributed by atoms with Crippen molar-refractivity contribution in [1.82, 2.24) is 19.3 Å². The number of benzene rings is 2. The molecule has 4 rings (SSSR count). The van der Waals surface area contributed by atoms with Gasteiger partial charge in [-0.15, -0.1) is 0 Å². The van der Waals surface area contributed by atoms with Crippen molar-refractivity contribution in [1.29, 1.82) is 0 Å². The van der Waals surface area contributed by atoms with Crippen LogP contribution in [0.1, 0.15) is 11.1 Å². The highest BCUT2D eigenvalue weighted by Gasteiger charge is 2.02. The highest BCUT2D eigenvalue weighted by atomic mass is 15.3. The smallest absolute Gasteiger partial charge is 0.0961 e. The second kappa shape index (κ2) is 5.48. The molecule has 0 radical (unpaired) electrons. The summed E-state index contributed by atoms with van der Waals surface area (Å²) in [7, 11) is 0. The Balaban J connectivity index is 1.53. The van der Waals surface area contributed by atoms with E-state index in [0.29, 0.717) is 0 Å². The van der Waals surface area contributed by atoms with Crippen molar-refractivity contribution >= 4 is 11.0 Å². The highest BCUT2D eigenvalue weighted by molar-refractivity contribution is 5.75. The fourth-order valence-electron chi connectivity index (χ4n) is 2.66. The van der Waals surface area contributed by atoms with Crippen LogP contribution >= 0.6 is 0 Å². The molecule has 2 aromatic heterocycles. The predicted octanol–water partition coefficient (Wildman–Crippen LogP) is 3.33. The van der Waals surface area contributed by atoms with E-state index in [-0.39, 0.29) is 0 Å². The molecule has 0 spiro atoms. The van der Waals surface area contributed by atoms with Gasteiger partial charge in [-0.2, -0.15) is 5.10 Å². The minimum atomic E-state index is 0.807. The van der Waals surface area contributed by atoms with E-state index in [1.54, 1.807) is 6.20 Å². The molecule has 2 aromatic carbocycles. The maximum atomic E-state index is 4.43. The molecule has 0 aliphatic carbocycles. The zero-order valence-electron chi connectivity index (χ0n) is 12.1. The van der Waals surface area contributed by atoms with Gasteiger partial charge in [0.2, 0.25) is 0 Å². The molecule has 0 atom stereocenters. The molecular weight excluding hydrogens is 272 g/mol. The molecule has 0 N–H and O–H groups in total. The first-order valence-corrected chi connectivity index (χ1v) is 7.33. The first-order chi connectivity index (χ1) is 10.9. The van der Waals surface area contributed by atoms with E-state index in [1.165, 1.54) is 16.6 Å². The second-order valence-corrected chi connectivity index (χ2v) is 5.38. The Morgan fingerprint density at radius 3 is 2.36 bits per heavy atom. The lowest BCUT2D eigenvalue weighted by atomic mass is 10.1. The van der Waals surface area contributed by atoms with Gasteiger partial charge in [-0.25, -0.2) is 4.98 Å². The lowest BCUT2D eigenvalue weighted by molar-refractivity contribution is 0.686. The summed E-state index contributed by atoms with van der Waals surface area (Å²) >= 11 is 0. The maximum absolute atomic E-state index is 4.43. The van der Waals surface area contributed by atoms with Crippen LogP contribution < -0.4 is 0 Å². The number of nitrogens with zero attached hydrogens (tertiary/aromatic N) is 4. The van der Waals surface area contributed by atoms with Gasteiger partial charge < -0.3 is 4.57 Å². The number of fused-ring (bicyclic) bond motifs is 1. The van der Waals surface area contributed by atoms with Crippen LogP contribution in [0.5, 0.6) is 0 Å². The third-order valence-corrected chi connectivity index (χ3v) is 3.81. The zero-order valence-corrected chi connectivity index (χ0v) is 12.1. The van der Waals surface area contributed by atoms with Crippen molar-refractivity contribution in [3.63, 3.8) is 0 Å². The minimum Gasteiger partial charge on any atom is -0.326 e. The summed E-state index contributed by atoms with van der Waals surface area (Å²) in [6, 6.07) is 18.8. The average Bonchev–Trinajstić information content (AvgIpc) is 3.20. The van der Waals surface area contributed by atoms with E-state index in [0.717, 1.165) is 18.6 Å². The Morgan fingerprint density at radius 2 is 1.59 bits per heavy atom. The number of para-hydroxylation sites is 2. The van der Waals surface area contributed by atoms with Crippen molar-refractivity contribution < 1.29 is 0 Å². The van der Waals surface area contributed by atoms with E-state index in [9.17, 15) is 0 Å². The molecule has 0 unspecified atom stereocenters. The molecule has 0 amide bonds. The third kappa shape index (κ3) is 2.51. The summed E-state index contributed by atoms with van der Waals surface area (Å²) < 4.78 is 4.11. The van der Waals surface area contributed by atoms with Crippen LogP contribution in [0.3, 0.4) is 0 Å². The molecule has 0 aliphatic rings. The SMILES string of the molecule is c1ccc2c(c1)ncn2Cc1ccc(Cn2cccn2)cc1. The molecule has 0 saturated carbocycles. The topological polar surface area (TPSA) is 35.6 Å². The number of imidazole rings is 1. The zero-order chi connectivity index (χ0) is 14.8. The molecule has 0 fully saturated rings. The lowest BCUT2D eigenvalue weighted by Crippen LogP contribution is -2.01. The first-order valence-electron chi connectivity index (χ1n) is 7.33. The van der Waals surface area contributed by atoms with Crippen LogP contribution in [-0.2, 0) is 13.1 Å². The monoisotopic (exact) mass is 288 g/mol. The second-order valence-electron chi connectivity index (χ2n) is 5.38. The number of hydrogen-bond donors (Lipinski definition) is 0.